The third kappa shape index (κ3) is 4.33. The smallest absolute Gasteiger partial charge is 0.281 e. The summed E-state index contributed by atoms with van der Waals surface area (Å²) < 4.78 is 52.8. The molecule has 0 aliphatic heterocycles. The fourth-order valence-corrected chi connectivity index (χ4v) is 5.57. The van der Waals surface area contributed by atoms with Crippen LogP contribution in [0, 0.1) is 5.82 Å². The van der Waals surface area contributed by atoms with E-state index in [1.54, 1.807) is 30.3 Å². The molecule has 0 atom stereocenters. The van der Waals surface area contributed by atoms with E-state index in [9.17, 15) is 22.7 Å². The Kier molecular flexibility index (Phi) is 6.20. The highest BCUT2D eigenvalue weighted by Crippen LogP contribution is 2.41. The summed E-state index contributed by atoms with van der Waals surface area (Å²) in [6, 6.07) is 16.1. The molecule has 1 saturated carbocycles. The Balaban J connectivity index is 1.81. The van der Waals surface area contributed by atoms with Gasteiger partial charge < -0.3 is 14.6 Å². The van der Waals surface area contributed by atoms with Crippen molar-refractivity contribution in [2.24, 2.45) is 0 Å². The van der Waals surface area contributed by atoms with E-state index in [0.717, 1.165) is 35.1 Å². The van der Waals surface area contributed by atoms with E-state index in [4.69, 9.17) is 9.47 Å². The maximum absolute atomic E-state index is 14.0. The van der Waals surface area contributed by atoms with Crippen molar-refractivity contribution in [1.82, 2.24) is 9.55 Å². The third-order valence-corrected chi connectivity index (χ3v) is 8.05. The molecule has 190 valence electrons. The molecule has 0 radical (unpaired) electrons. The van der Waals surface area contributed by atoms with Crippen LogP contribution in [0.4, 0.5) is 4.39 Å². The molecular weight excluding hydrogens is 499 g/mol. The molecule has 10 heteroatoms. The first-order chi connectivity index (χ1) is 17.8. The van der Waals surface area contributed by atoms with Crippen LogP contribution in [0.2, 0.25) is 0 Å². The lowest BCUT2D eigenvalue weighted by molar-refractivity contribution is 0.388. The number of ether oxygens (including phenoxy) is 2. The summed E-state index contributed by atoms with van der Waals surface area (Å²) in [6.07, 6.45) is 2.10. The van der Waals surface area contributed by atoms with Gasteiger partial charge >= 0.3 is 0 Å². The Hall–Kier alpha value is -4.18. The fraction of sp³-hybridized carbons (Fsp3) is 0.185. The number of hydrogen-bond donors (Lipinski definition) is 1. The topological polar surface area (TPSA) is 108 Å². The molecule has 0 bridgehead atoms. The molecule has 0 spiro atoms. The molecule has 1 aliphatic carbocycles. The minimum atomic E-state index is -4.49. The maximum atomic E-state index is 14.0. The Morgan fingerprint density at radius 1 is 0.946 bits per heavy atom. The van der Waals surface area contributed by atoms with Crippen molar-refractivity contribution in [2.75, 3.05) is 14.2 Å². The van der Waals surface area contributed by atoms with Gasteiger partial charge in [-0.05, 0) is 72.9 Å². The lowest BCUT2D eigenvalue weighted by atomic mass is 10.1. The molecule has 37 heavy (non-hydrogen) atoms. The number of sulfone groups is 1. The van der Waals surface area contributed by atoms with Gasteiger partial charge in [-0.3, -0.25) is 9.36 Å². The first-order valence-corrected chi connectivity index (χ1v) is 12.9. The van der Waals surface area contributed by atoms with Crippen LogP contribution in [0.1, 0.15) is 24.3 Å². The Labute approximate surface area is 212 Å². The Bertz CT molecular complexity index is 1620. The van der Waals surface area contributed by atoms with Crippen molar-refractivity contribution in [3.63, 3.8) is 0 Å². The van der Waals surface area contributed by atoms with Gasteiger partial charge in [-0.15, -0.1) is 0 Å². The van der Waals surface area contributed by atoms with Crippen molar-refractivity contribution >= 4 is 9.84 Å². The summed E-state index contributed by atoms with van der Waals surface area (Å²) in [4.78, 5) is 17.1. The second-order valence-electron chi connectivity index (χ2n) is 8.59. The van der Waals surface area contributed by atoms with Gasteiger partial charge in [-0.25, -0.2) is 12.8 Å². The van der Waals surface area contributed by atoms with Crippen molar-refractivity contribution in [3.8, 4) is 34.5 Å². The van der Waals surface area contributed by atoms with Crippen LogP contribution >= 0.6 is 0 Å². The van der Waals surface area contributed by atoms with Crippen LogP contribution in [-0.4, -0.2) is 37.3 Å². The van der Waals surface area contributed by atoms with E-state index in [0.29, 0.717) is 5.92 Å². The quantitative estimate of drug-likeness (QED) is 0.382. The van der Waals surface area contributed by atoms with Crippen LogP contribution in [-0.2, 0) is 9.84 Å². The zero-order valence-corrected chi connectivity index (χ0v) is 20.8. The minimum Gasteiger partial charge on any atom is -0.494 e. The average molecular weight is 523 g/mol. The van der Waals surface area contributed by atoms with E-state index >= 15 is 0 Å². The highest BCUT2D eigenvalue weighted by Gasteiger charge is 2.32. The van der Waals surface area contributed by atoms with E-state index in [2.05, 4.69) is 4.98 Å². The zero-order valence-electron chi connectivity index (χ0n) is 20.0. The van der Waals surface area contributed by atoms with Crippen LogP contribution in [0.25, 0.3) is 17.1 Å². The van der Waals surface area contributed by atoms with Gasteiger partial charge in [0.05, 0.1) is 19.1 Å². The van der Waals surface area contributed by atoms with E-state index < -0.39 is 32.0 Å². The second kappa shape index (κ2) is 9.36. The monoisotopic (exact) mass is 522 g/mol. The number of halogens is 1. The summed E-state index contributed by atoms with van der Waals surface area (Å²) in [5, 5.41) is 10.8. The summed E-state index contributed by atoms with van der Waals surface area (Å²) in [5.41, 5.74) is 0.273. The van der Waals surface area contributed by atoms with Crippen molar-refractivity contribution < 1.29 is 27.4 Å². The largest absolute Gasteiger partial charge is 0.494 e. The molecule has 0 unspecified atom stereocenters. The highest BCUT2D eigenvalue weighted by molar-refractivity contribution is 7.91. The molecule has 1 aromatic heterocycles. The summed E-state index contributed by atoms with van der Waals surface area (Å²) in [7, 11) is -1.72. The first kappa shape index (κ1) is 24.5. The molecular formula is C27H23FN2O6S. The van der Waals surface area contributed by atoms with E-state index in [1.807, 2.05) is 0 Å². The Morgan fingerprint density at radius 2 is 1.54 bits per heavy atom. The minimum absolute atomic E-state index is 0.0739. The third-order valence-electron chi connectivity index (χ3n) is 6.26. The molecule has 1 aliphatic rings. The van der Waals surface area contributed by atoms with Gasteiger partial charge in [0.25, 0.3) is 5.56 Å². The predicted octanol–water partition coefficient (Wildman–Crippen LogP) is 4.47. The predicted molar refractivity (Wildman–Crippen MR) is 134 cm³/mol. The fourth-order valence-electron chi connectivity index (χ4n) is 4.24. The SMILES string of the molecule is COc1cccc(OC)c1-n1c(-c2ccc(F)cc2)nc(O)c(S(=O)(=O)c2ccc(C3CC3)cc2)c1=O. The number of methoxy groups -OCH3 is 2. The molecule has 8 nitrogen and oxygen atoms in total. The second-order valence-corrected chi connectivity index (χ2v) is 10.5. The molecule has 0 amide bonds. The molecule has 3 aromatic carbocycles. The normalized spacial score (nSPS) is 13.4. The van der Waals surface area contributed by atoms with Gasteiger partial charge in [0, 0.05) is 5.56 Å². The number of aromatic hydroxyl groups is 1. The number of para-hydroxylation sites is 1. The first-order valence-electron chi connectivity index (χ1n) is 11.4. The summed E-state index contributed by atoms with van der Waals surface area (Å²) in [5.74, 6) is -0.833. The van der Waals surface area contributed by atoms with Gasteiger partial charge in [-0.2, -0.15) is 4.98 Å². The molecule has 1 heterocycles. The van der Waals surface area contributed by atoms with Gasteiger partial charge in [0.2, 0.25) is 15.7 Å². The highest BCUT2D eigenvalue weighted by atomic mass is 32.2. The molecule has 4 aromatic rings. The number of aromatic nitrogens is 2. The lowest BCUT2D eigenvalue weighted by Crippen LogP contribution is -2.28. The molecule has 1 N–H and O–H groups in total. The number of rotatable bonds is 7. The number of nitrogens with zero attached hydrogens (tertiary/aromatic N) is 2. The summed E-state index contributed by atoms with van der Waals surface area (Å²) >= 11 is 0. The molecule has 1 fully saturated rings. The van der Waals surface area contributed by atoms with Crippen molar-refractivity contribution in [1.29, 1.82) is 0 Å². The average Bonchev–Trinajstić information content (AvgIpc) is 3.74. The van der Waals surface area contributed by atoms with Crippen LogP contribution in [0.3, 0.4) is 0 Å². The number of hydrogen-bond acceptors (Lipinski definition) is 7. The van der Waals surface area contributed by atoms with Gasteiger partial charge in [-0.1, -0.05) is 18.2 Å². The van der Waals surface area contributed by atoms with Gasteiger partial charge in [0.15, 0.2) is 10.7 Å². The van der Waals surface area contributed by atoms with E-state index in [1.165, 1.54) is 38.5 Å². The van der Waals surface area contributed by atoms with Gasteiger partial charge in [0.1, 0.15) is 23.0 Å². The lowest BCUT2D eigenvalue weighted by Gasteiger charge is -2.19. The maximum Gasteiger partial charge on any atom is 0.281 e. The zero-order chi connectivity index (χ0) is 26.3. The van der Waals surface area contributed by atoms with E-state index in [-0.39, 0.29) is 33.5 Å². The molecule has 5 rings (SSSR count). The molecule has 0 saturated heterocycles. The van der Waals surface area contributed by atoms with Crippen molar-refractivity contribution in [3.05, 3.63) is 88.5 Å². The number of benzene rings is 3. The summed E-state index contributed by atoms with van der Waals surface area (Å²) in [6.45, 7) is 0. The Morgan fingerprint density at radius 3 is 2.08 bits per heavy atom. The van der Waals surface area contributed by atoms with Crippen LogP contribution in [0.5, 0.6) is 17.4 Å². The standard InChI is InChI=1S/C27H23FN2O6S/c1-35-21-4-3-5-22(36-2)23(21)30-25(18-8-12-19(28)13-9-18)29-26(31)24(27(30)32)37(33,34)20-14-10-17(11-15-20)16-6-7-16/h3-5,8-16,31H,6-7H2,1-2H3. The van der Waals surface area contributed by atoms with Crippen LogP contribution in [0.15, 0.2) is 81.3 Å². The van der Waals surface area contributed by atoms with Crippen molar-refractivity contribution in [2.45, 2.75) is 28.6 Å². The van der Waals surface area contributed by atoms with Crippen LogP contribution < -0.4 is 15.0 Å².